The van der Waals surface area contributed by atoms with Gasteiger partial charge in [-0.05, 0) is 28.8 Å². The van der Waals surface area contributed by atoms with Gasteiger partial charge in [-0.15, -0.1) is 0 Å². The van der Waals surface area contributed by atoms with E-state index < -0.39 is 0 Å². The van der Waals surface area contributed by atoms with Gasteiger partial charge in [0.2, 0.25) is 5.91 Å². The van der Waals surface area contributed by atoms with Crippen LogP contribution in [0.2, 0.25) is 0 Å². The average molecular weight is 326 g/mol. The van der Waals surface area contributed by atoms with Crippen LogP contribution in [0, 0.1) is 5.92 Å². The van der Waals surface area contributed by atoms with E-state index in [-0.39, 0.29) is 23.8 Å². The number of benzene rings is 3. The number of anilines is 2. The number of amides is 1. The molecular formula is C22H18N2O. The van der Waals surface area contributed by atoms with Gasteiger partial charge in [0.05, 0.1) is 12.0 Å². The Hall–Kier alpha value is -3.07. The van der Waals surface area contributed by atoms with Crippen LogP contribution in [0.1, 0.15) is 28.7 Å². The third kappa shape index (κ3) is 2.16. The Morgan fingerprint density at radius 1 is 0.680 bits per heavy atom. The summed E-state index contributed by atoms with van der Waals surface area (Å²) in [6.45, 7) is 0. The molecule has 0 spiro atoms. The quantitative estimate of drug-likeness (QED) is 0.688. The van der Waals surface area contributed by atoms with Gasteiger partial charge in [-0.3, -0.25) is 4.79 Å². The predicted molar refractivity (Wildman–Crippen MR) is 99.7 cm³/mol. The molecule has 1 amide bonds. The van der Waals surface area contributed by atoms with Crippen LogP contribution in [0.5, 0.6) is 0 Å². The first kappa shape index (κ1) is 14.3. The lowest BCUT2D eigenvalue weighted by Crippen LogP contribution is -2.43. The van der Waals surface area contributed by atoms with Crippen LogP contribution >= 0.6 is 0 Å². The average Bonchev–Trinajstić information content (AvgIpc) is 2.67. The van der Waals surface area contributed by atoms with E-state index in [4.69, 9.17) is 0 Å². The van der Waals surface area contributed by atoms with Crippen molar-refractivity contribution in [3.63, 3.8) is 0 Å². The van der Waals surface area contributed by atoms with E-state index in [1.807, 2.05) is 48.5 Å². The van der Waals surface area contributed by atoms with Gasteiger partial charge >= 0.3 is 0 Å². The molecule has 2 aliphatic rings. The van der Waals surface area contributed by atoms with Crippen molar-refractivity contribution < 1.29 is 4.79 Å². The summed E-state index contributed by atoms with van der Waals surface area (Å²) in [5, 5.41) is 6.74. The Morgan fingerprint density at radius 2 is 1.32 bits per heavy atom. The van der Waals surface area contributed by atoms with Crippen molar-refractivity contribution in [2.24, 2.45) is 5.92 Å². The topological polar surface area (TPSA) is 41.1 Å². The maximum Gasteiger partial charge on any atom is 0.230 e. The van der Waals surface area contributed by atoms with Gasteiger partial charge in [0.25, 0.3) is 0 Å². The molecule has 0 bridgehead atoms. The summed E-state index contributed by atoms with van der Waals surface area (Å²) < 4.78 is 0. The SMILES string of the molecule is O=C1Nc2ccccc2[C@@H]2Nc3ccccc3[C@H](c3ccccc3)[C@@H]12. The Bertz CT molecular complexity index is 951. The van der Waals surface area contributed by atoms with Crippen molar-refractivity contribution in [3.05, 3.63) is 95.6 Å². The number of hydrogen-bond acceptors (Lipinski definition) is 2. The molecule has 0 unspecified atom stereocenters. The van der Waals surface area contributed by atoms with Crippen molar-refractivity contribution in [2.75, 3.05) is 10.6 Å². The summed E-state index contributed by atoms with van der Waals surface area (Å²) in [6.07, 6.45) is 0. The lowest BCUT2D eigenvalue weighted by molar-refractivity contribution is -0.121. The van der Waals surface area contributed by atoms with Gasteiger partial charge in [-0.1, -0.05) is 66.7 Å². The number of para-hydroxylation sites is 2. The first-order valence-electron chi connectivity index (χ1n) is 8.63. The molecule has 0 aliphatic carbocycles. The lowest BCUT2D eigenvalue weighted by atomic mass is 9.70. The molecule has 5 rings (SSSR count). The van der Waals surface area contributed by atoms with Gasteiger partial charge in [0.1, 0.15) is 0 Å². The van der Waals surface area contributed by atoms with Crippen LogP contribution in [0.25, 0.3) is 0 Å². The molecular weight excluding hydrogens is 308 g/mol. The van der Waals surface area contributed by atoms with E-state index in [1.54, 1.807) is 0 Å². The van der Waals surface area contributed by atoms with Crippen LogP contribution in [0.3, 0.4) is 0 Å². The van der Waals surface area contributed by atoms with E-state index in [1.165, 1.54) is 11.1 Å². The van der Waals surface area contributed by atoms with Gasteiger partial charge < -0.3 is 10.6 Å². The second-order valence-corrected chi connectivity index (χ2v) is 6.70. The fourth-order valence-electron chi connectivity index (χ4n) is 4.26. The van der Waals surface area contributed by atoms with Gasteiger partial charge in [-0.2, -0.15) is 0 Å². The molecule has 3 atom stereocenters. The van der Waals surface area contributed by atoms with Crippen molar-refractivity contribution >= 4 is 17.3 Å². The van der Waals surface area contributed by atoms with Gasteiger partial charge in [0, 0.05) is 17.3 Å². The number of nitrogens with one attached hydrogen (secondary N) is 2. The monoisotopic (exact) mass is 326 g/mol. The number of carbonyl (C=O) groups is 1. The number of rotatable bonds is 1. The minimum Gasteiger partial charge on any atom is -0.377 e. The maximum absolute atomic E-state index is 13.0. The highest BCUT2D eigenvalue weighted by Gasteiger charge is 2.45. The highest BCUT2D eigenvalue weighted by molar-refractivity contribution is 5.98. The molecule has 3 aromatic carbocycles. The van der Waals surface area contributed by atoms with Crippen molar-refractivity contribution in [1.82, 2.24) is 0 Å². The van der Waals surface area contributed by atoms with Crippen LogP contribution in [0.4, 0.5) is 11.4 Å². The van der Waals surface area contributed by atoms with Crippen LogP contribution in [0.15, 0.2) is 78.9 Å². The van der Waals surface area contributed by atoms with E-state index in [0.717, 1.165) is 16.9 Å². The molecule has 3 nitrogen and oxygen atoms in total. The lowest BCUT2D eigenvalue weighted by Gasteiger charge is -2.43. The zero-order valence-electron chi connectivity index (χ0n) is 13.6. The Morgan fingerprint density at radius 3 is 2.12 bits per heavy atom. The van der Waals surface area contributed by atoms with E-state index in [0.29, 0.717) is 0 Å². The minimum absolute atomic E-state index is 0.0231. The largest absolute Gasteiger partial charge is 0.377 e. The number of hydrogen-bond donors (Lipinski definition) is 2. The predicted octanol–water partition coefficient (Wildman–Crippen LogP) is 4.55. The molecule has 122 valence electrons. The van der Waals surface area contributed by atoms with Crippen LogP contribution in [-0.2, 0) is 4.79 Å². The summed E-state index contributed by atoms with van der Waals surface area (Å²) in [5.74, 6) is -0.0521. The minimum atomic E-state index is -0.174. The Balaban J connectivity index is 1.74. The van der Waals surface area contributed by atoms with E-state index in [2.05, 4.69) is 41.0 Å². The standard InChI is InChI=1S/C22H18N2O/c25-22-20-19(14-8-2-1-3-9-14)15-10-4-6-12-17(15)23-21(20)16-11-5-7-13-18(16)24-22/h1-13,19-21,23H,(H,24,25)/t19-,20+,21-/m0/s1. The molecule has 0 saturated heterocycles. The fourth-order valence-corrected chi connectivity index (χ4v) is 4.26. The molecule has 2 aliphatic heterocycles. The highest BCUT2D eigenvalue weighted by Crippen LogP contribution is 2.51. The zero-order valence-corrected chi connectivity index (χ0v) is 13.6. The molecule has 0 saturated carbocycles. The van der Waals surface area contributed by atoms with Crippen molar-refractivity contribution in [3.8, 4) is 0 Å². The molecule has 2 N–H and O–H groups in total. The first-order chi connectivity index (χ1) is 12.3. The molecule has 0 aromatic heterocycles. The fraction of sp³-hybridized carbons (Fsp3) is 0.136. The summed E-state index contributed by atoms with van der Waals surface area (Å²) >= 11 is 0. The smallest absolute Gasteiger partial charge is 0.230 e. The summed E-state index contributed by atoms with van der Waals surface area (Å²) in [5.41, 5.74) is 5.54. The molecule has 2 heterocycles. The molecule has 25 heavy (non-hydrogen) atoms. The molecule has 0 radical (unpaired) electrons. The van der Waals surface area contributed by atoms with Crippen LogP contribution < -0.4 is 10.6 Å². The Labute approximate surface area is 146 Å². The third-order valence-corrected chi connectivity index (χ3v) is 5.34. The van der Waals surface area contributed by atoms with Gasteiger partial charge in [-0.25, -0.2) is 0 Å². The highest BCUT2D eigenvalue weighted by atomic mass is 16.2. The number of fused-ring (bicyclic) bond motifs is 4. The third-order valence-electron chi connectivity index (χ3n) is 5.34. The van der Waals surface area contributed by atoms with Crippen molar-refractivity contribution in [2.45, 2.75) is 12.0 Å². The normalized spacial score (nSPS) is 23.5. The van der Waals surface area contributed by atoms with Crippen LogP contribution in [-0.4, -0.2) is 5.91 Å². The number of carbonyl (C=O) groups excluding carboxylic acids is 1. The zero-order chi connectivity index (χ0) is 16.8. The molecule has 3 heteroatoms. The van der Waals surface area contributed by atoms with E-state index >= 15 is 0 Å². The van der Waals surface area contributed by atoms with Gasteiger partial charge in [0.15, 0.2) is 0 Å². The Kier molecular flexibility index (Phi) is 3.14. The van der Waals surface area contributed by atoms with E-state index in [9.17, 15) is 4.79 Å². The molecule has 3 aromatic rings. The second kappa shape index (κ2) is 5.49. The summed E-state index contributed by atoms with van der Waals surface area (Å²) in [4.78, 5) is 13.0. The summed E-state index contributed by atoms with van der Waals surface area (Å²) in [7, 11) is 0. The first-order valence-corrected chi connectivity index (χ1v) is 8.63. The van der Waals surface area contributed by atoms with Crippen molar-refractivity contribution in [1.29, 1.82) is 0 Å². The second-order valence-electron chi connectivity index (χ2n) is 6.70. The summed E-state index contributed by atoms with van der Waals surface area (Å²) in [6, 6.07) is 26.7. The maximum atomic E-state index is 13.0. The molecule has 0 fully saturated rings.